The summed E-state index contributed by atoms with van der Waals surface area (Å²) in [6.07, 6.45) is 3.21. The Morgan fingerprint density at radius 1 is 1.30 bits per heavy atom. The van der Waals surface area contributed by atoms with Gasteiger partial charge in [0.05, 0.1) is 15.8 Å². The van der Waals surface area contributed by atoms with E-state index < -0.39 is 9.84 Å². The van der Waals surface area contributed by atoms with E-state index in [1.165, 1.54) is 6.26 Å². The van der Waals surface area contributed by atoms with Gasteiger partial charge in [-0.25, -0.2) is 8.42 Å². The molecular formula is C14H19Cl2NO2S. The standard InChI is InChI=1S/C14H19Cl2NO2S/c1-20(18,19)9-11-3-2-6-17-8-12(11)10-4-5-13(15)14(16)7-10/h4-5,7,11-12,17H,2-3,6,8-9H2,1H3/t11-,12+/m0/s1. The van der Waals surface area contributed by atoms with Gasteiger partial charge in [-0.3, -0.25) is 0 Å². The van der Waals surface area contributed by atoms with E-state index in [1.807, 2.05) is 12.1 Å². The second-order valence-electron chi connectivity index (χ2n) is 5.48. The number of sulfone groups is 1. The lowest BCUT2D eigenvalue weighted by Gasteiger charge is -2.25. The summed E-state index contributed by atoms with van der Waals surface area (Å²) in [5, 5.41) is 4.42. The zero-order chi connectivity index (χ0) is 14.8. The van der Waals surface area contributed by atoms with Crippen LogP contribution in [0.4, 0.5) is 0 Å². The summed E-state index contributed by atoms with van der Waals surface area (Å²) in [5.74, 6) is 0.499. The monoisotopic (exact) mass is 335 g/mol. The third-order valence-corrected chi connectivity index (χ3v) is 5.52. The van der Waals surface area contributed by atoms with E-state index in [0.29, 0.717) is 10.0 Å². The molecule has 2 rings (SSSR count). The molecule has 20 heavy (non-hydrogen) atoms. The van der Waals surface area contributed by atoms with E-state index in [4.69, 9.17) is 23.2 Å². The van der Waals surface area contributed by atoms with Gasteiger partial charge in [-0.15, -0.1) is 0 Å². The molecule has 1 fully saturated rings. The van der Waals surface area contributed by atoms with Gasteiger partial charge in [0.2, 0.25) is 0 Å². The van der Waals surface area contributed by atoms with Crippen LogP contribution in [0, 0.1) is 5.92 Å². The molecule has 1 saturated heterocycles. The minimum Gasteiger partial charge on any atom is -0.316 e. The van der Waals surface area contributed by atoms with Gasteiger partial charge >= 0.3 is 0 Å². The number of halogens is 2. The van der Waals surface area contributed by atoms with Crippen molar-refractivity contribution in [3.05, 3.63) is 33.8 Å². The molecular weight excluding hydrogens is 317 g/mol. The summed E-state index contributed by atoms with van der Waals surface area (Å²) in [5.41, 5.74) is 1.06. The van der Waals surface area contributed by atoms with Crippen LogP contribution in [-0.2, 0) is 9.84 Å². The molecule has 1 heterocycles. The Morgan fingerprint density at radius 2 is 2.05 bits per heavy atom. The first-order valence-corrected chi connectivity index (χ1v) is 9.52. The smallest absolute Gasteiger partial charge is 0.147 e. The number of rotatable bonds is 3. The summed E-state index contributed by atoms with van der Waals surface area (Å²) >= 11 is 12.0. The van der Waals surface area contributed by atoms with E-state index in [2.05, 4.69) is 5.32 Å². The number of hydrogen-bond donors (Lipinski definition) is 1. The predicted molar refractivity (Wildman–Crippen MR) is 84.5 cm³/mol. The van der Waals surface area contributed by atoms with Gasteiger partial charge in [-0.1, -0.05) is 29.3 Å². The van der Waals surface area contributed by atoms with Crippen molar-refractivity contribution >= 4 is 33.0 Å². The third-order valence-electron chi connectivity index (χ3n) is 3.75. The summed E-state index contributed by atoms with van der Waals surface area (Å²) in [4.78, 5) is 0. The summed E-state index contributed by atoms with van der Waals surface area (Å²) < 4.78 is 23.3. The normalized spacial score (nSPS) is 24.4. The Hall–Kier alpha value is -0.290. The molecule has 0 aromatic heterocycles. The number of nitrogens with one attached hydrogen (secondary N) is 1. The molecule has 0 unspecified atom stereocenters. The molecule has 0 amide bonds. The number of benzene rings is 1. The highest BCUT2D eigenvalue weighted by Gasteiger charge is 2.28. The Morgan fingerprint density at radius 3 is 2.70 bits per heavy atom. The summed E-state index contributed by atoms with van der Waals surface area (Å²) in [7, 11) is -2.99. The van der Waals surface area contributed by atoms with Crippen LogP contribution in [0.1, 0.15) is 24.3 Å². The van der Waals surface area contributed by atoms with Crippen molar-refractivity contribution in [2.24, 2.45) is 5.92 Å². The van der Waals surface area contributed by atoms with E-state index in [9.17, 15) is 8.42 Å². The van der Waals surface area contributed by atoms with Crippen molar-refractivity contribution in [3.63, 3.8) is 0 Å². The zero-order valence-electron chi connectivity index (χ0n) is 11.4. The van der Waals surface area contributed by atoms with Gasteiger partial charge in [-0.2, -0.15) is 0 Å². The van der Waals surface area contributed by atoms with Crippen molar-refractivity contribution in [1.29, 1.82) is 0 Å². The van der Waals surface area contributed by atoms with Crippen molar-refractivity contribution < 1.29 is 8.42 Å². The lowest BCUT2D eigenvalue weighted by atomic mass is 9.85. The first kappa shape index (κ1) is 16.1. The molecule has 112 valence electrons. The van der Waals surface area contributed by atoms with Crippen molar-refractivity contribution in [3.8, 4) is 0 Å². The second-order valence-corrected chi connectivity index (χ2v) is 8.48. The molecule has 0 bridgehead atoms. The highest BCUT2D eigenvalue weighted by atomic mass is 35.5. The minimum absolute atomic E-state index is 0.122. The first-order valence-electron chi connectivity index (χ1n) is 6.70. The third kappa shape index (κ3) is 4.35. The minimum atomic E-state index is -2.99. The quantitative estimate of drug-likeness (QED) is 0.922. The van der Waals surface area contributed by atoms with Crippen LogP contribution in [0.3, 0.4) is 0 Å². The number of hydrogen-bond acceptors (Lipinski definition) is 3. The first-order chi connectivity index (χ1) is 9.37. The lowest BCUT2D eigenvalue weighted by molar-refractivity contribution is 0.446. The van der Waals surface area contributed by atoms with Crippen LogP contribution >= 0.6 is 23.2 Å². The molecule has 6 heteroatoms. The molecule has 1 aliphatic heterocycles. The molecule has 1 N–H and O–H groups in total. The second kappa shape index (κ2) is 6.65. The summed E-state index contributed by atoms with van der Waals surface area (Å²) in [6.45, 7) is 1.70. The molecule has 2 atom stereocenters. The van der Waals surface area contributed by atoms with Crippen LogP contribution in [0.25, 0.3) is 0 Å². The van der Waals surface area contributed by atoms with Crippen LogP contribution in [0.5, 0.6) is 0 Å². The lowest BCUT2D eigenvalue weighted by Crippen LogP contribution is -2.27. The molecule has 0 aliphatic carbocycles. The maximum Gasteiger partial charge on any atom is 0.147 e. The fourth-order valence-electron chi connectivity index (χ4n) is 2.84. The van der Waals surface area contributed by atoms with E-state index >= 15 is 0 Å². The highest BCUT2D eigenvalue weighted by molar-refractivity contribution is 7.90. The largest absolute Gasteiger partial charge is 0.316 e. The fraction of sp³-hybridized carbons (Fsp3) is 0.571. The Bertz CT molecular complexity index is 575. The van der Waals surface area contributed by atoms with Gasteiger partial charge in [0, 0.05) is 18.7 Å². The molecule has 3 nitrogen and oxygen atoms in total. The Kier molecular flexibility index (Phi) is 5.35. The van der Waals surface area contributed by atoms with E-state index in [1.54, 1.807) is 6.07 Å². The van der Waals surface area contributed by atoms with Crippen LogP contribution in [0.2, 0.25) is 10.0 Å². The predicted octanol–water partition coefficient (Wildman–Crippen LogP) is 3.12. The van der Waals surface area contributed by atoms with Crippen molar-refractivity contribution in [2.45, 2.75) is 18.8 Å². The fourth-order valence-corrected chi connectivity index (χ4v) is 4.32. The highest BCUT2D eigenvalue weighted by Crippen LogP contribution is 2.33. The average Bonchev–Trinajstić information content (AvgIpc) is 2.56. The van der Waals surface area contributed by atoms with Gasteiger partial charge in [0.15, 0.2) is 0 Å². The van der Waals surface area contributed by atoms with Crippen molar-refractivity contribution in [2.75, 3.05) is 25.1 Å². The van der Waals surface area contributed by atoms with Crippen LogP contribution in [0.15, 0.2) is 18.2 Å². The van der Waals surface area contributed by atoms with Gasteiger partial charge < -0.3 is 5.32 Å². The van der Waals surface area contributed by atoms with Crippen molar-refractivity contribution in [1.82, 2.24) is 5.32 Å². The SMILES string of the molecule is CS(=O)(=O)C[C@@H]1CCCNC[C@@H]1c1ccc(Cl)c(Cl)c1. The molecule has 0 radical (unpaired) electrons. The average molecular weight is 336 g/mol. The molecule has 1 aromatic rings. The van der Waals surface area contributed by atoms with E-state index in [-0.39, 0.29) is 17.6 Å². The van der Waals surface area contributed by atoms with Gasteiger partial charge in [0.25, 0.3) is 0 Å². The topological polar surface area (TPSA) is 46.2 Å². The van der Waals surface area contributed by atoms with Gasteiger partial charge in [-0.05, 0) is 43.0 Å². The Balaban J connectivity index is 2.29. The summed E-state index contributed by atoms with van der Waals surface area (Å²) in [6, 6.07) is 5.58. The van der Waals surface area contributed by atoms with E-state index in [0.717, 1.165) is 31.5 Å². The molecule has 0 spiro atoms. The maximum absolute atomic E-state index is 11.6. The molecule has 1 aromatic carbocycles. The molecule has 0 saturated carbocycles. The Labute approximate surface area is 130 Å². The molecule has 1 aliphatic rings. The van der Waals surface area contributed by atoms with Crippen LogP contribution < -0.4 is 5.32 Å². The van der Waals surface area contributed by atoms with Crippen LogP contribution in [-0.4, -0.2) is 33.5 Å². The zero-order valence-corrected chi connectivity index (χ0v) is 13.7. The maximum atomic E-state index is 11.6. The van der Waals surface area contributed by atoms with Gasteiger partial charge in [0.1, 0.15) is 9.84 Å².